The molecule has 0 aliphatic carbocycles. The summed E-state index contributed by atoms with van der Waals surface area (Å²) in [4.78, 5) is 26.7. The highest BCUT2D eigenvalue weighted by Gasteiger charge is 2.32. The van der Waals surface area contributed by atoms with Crippen LogP contribution >= 0.6 is 0 Å². The lowest BCUT2D eigenvalue weighted by molar-refractivity contribution is 0.0560. The van der Waals surface area contributed by atoms with Gasteiger partial charge < -0.3 is 14.2 Å². The number of aryl methyl sites for hydroxylation is 1. The smallest absolute Gasteiger partial charge is 0.316 e. The molecule has 0 spiro atoms. The number of amides is 1. The van der Waals surface area contributed by atoms with Crippen molar-refractivity contribution in [3.63, 3.8) is 0 Å². The molecule has 0 N–H and O–H groups in total. The van der Waals surface area contributed by atoms with Gasteiger partial charge >= 0.3 is 6.01 Å². The molecule has 1 unspecified atom stereocenters. The van der Waals surface area contributed by atoms with E-state index in [-0.39, 0.29) is 18.0 Å². The monoisotopic (exact) mass is 303 g/mol. The van der Waals surface area contributed by atoms with Crippen LogP contribution < -0.4 is 4.74 Å². The molecular formula is C14H17N5O3. The molecule has 116 valence electrons. The number of carbonyl (C=O) groups excluding carboxylic acids is 1. The summed E-state index contributed by atoms with van der Waals surface area (Å²) < 4.78 is 10.2. The fraction of sp³-hybridized carbons (Fsp3) is 0.500. The molecule has 8 nitrogen and oxygen atoms in total. The highest BCUT2D eigenvalue weighted by Crippen LogP contribution is 2.31. The molecule has 3 heterocycles. The molecule has 22 heavy (non-hydrogen) atoms. The maximum absolute atomic E-state index is 12.7. The number of aromatic nitrogens is 4. The standard InChI is InChI=1S/C14H17N5O3/c1-9-17-12(22-18-9)11-5-3-4-6-19(11)13(20)10-7-15-14(21-2)16-8-10/h7-8,11H,3-6H2,1-2H3. The van der Waals surface area contributed by atoms with Crippen molar-refractivity contribution in [3.05, 3.63) is 29.7 Å². The van der Waals surface area contributed by atoms with Crippen LogP contribution in [0.15, 0.2) is 16.9 Å². The van der Waals surface area contributed by atoms with Crippen LogP contribution in [0.25, 0.3) is 0 Å². The van der Waals surface area contributed by atoms with Crippen LogP contribution in [0, 0.1) is 6.92 Å². The first-order valence-electron chi connectivity index (χ1n) is 7.16. The zero-order valence-corrected chi connectivity index (χ0v) is 12.5. The largest absolute Gasteiger partial charge is 0.467 e. The molecule has 8 heteroatoms. The number of nitrogens with zero attached hydrogens (tertiary/aromatic N) is 5. The normalized spacial score (nSPS) is 18.3. The van der Waals surface area contributed by atoms with Gasteiger partial charge in [0.1, 0.15) is 6.04 Å². The predicted octanol–water partition coefficient (Wildman–Crippen LogP) is 1.54. The third-order valence-electron chi connectivity index (χ3n) is 3.65. The number of methoxy groups -OCH3 is 1. The minimum absolute atomic E-state index is 0.136. The van der Waals surface area contributed by atoms with Gasteiger partial charge in [-0.05, 0) is 26.2 Å². The number of ether oxygens (including phenoxy) is 1. The molecule has 2 aromatic rings. The van der Waals surface area contributed by atoms with Crippen molar-refractivity contribution in [1.29, 1.82) is 0 Å². The number of rotatable bonds is 3. The molecule has 0 aromatic carbocycles. The van der Waals surface area contributed by atoms with E-state index in [9.17, 15) is 4.79 Å². The van der Waals surface area contributed by atoms with Crippen LogP contribution in [0.2, 0.25) is 0 Å². The Morgan fingerprint density at radius 1 is 1.36 bits per heavy atom. The zero-order chi connectivity index (χ0) is 15.5. The van der Waals surface area contributed by atoms with E-state index in [4.69, 9.17) is 9.26 Å². The van der Waals surface area contributed by atoms with Gasteiger partial charge in [0.05, 0.1) is 12.7 Å². The van der Waals surface area contributed by atoms with Crippen LogP contribution in [0.5, 0.6) is 6.01 Å². The maximum atomic E-state index is 12.7. The van der Waals surface area contributed by atoms with Gasteiger partial charge in [-0.15, -0.1) is 0 Å². The van der Waals surface area contributed by atoms with Gasteiger partial charge in [0, 0.05) is 18.9 Å². The van der Waals surface area contributed by atoms with E-state index in [1.54, 1.807) is 11.8 Å². The summed E-state index contributed by atoms with van der Waals surface area (Å²) in [6, 6.07) is 0.0452. The SMILES string of the molecule is COc1ncc(C(=O)N2CCCCC2c2nc(C)no2)cn1. The summed E-state index contributed by atoms with van der Waals surface area (Å²) in [7, 11) is 1.48. The van der Waals surface area contributed by atoms with E-state index in [0.29, 0.717) is 23.8 Å². The predicted molar refractivity (Wildman–Crippen MR) is 75.2 cm³/mol. The molecule has 1 fully saturated rings. The molecule has 0 bridgehead atoms. The van der Waals surface area contributed by atoms with Gasteiger partial charge in [0.2, 0.25) is 5.89 Å². The third kappa shape index (κ3) is 2.76. The van der Waals surface area contributed by atoms with E-state index >= 15 is 0 Å². The second-order valence-corrected chi connectivity index (χ2v) is 5.15. The second kappa shape index (κ2) is 6.08. The van der Waals surface area contributed by atoms with E-state index in [1.807, 2.05) is 0 Å². The molecular weight excluding hydrogens is 286 g/mol. The van der Waals surface area contributed by atoms with Gasteiger partial charge in [-0.3, -0.25) is 4.79 Å². The van der Waals surface area contributed by atoms with Crippen molar-refractivity contribution in [2.45, 2.75) is 32.2 Å². The Balaban J connectivity index is 1.84. The van der Waals surface area contributed by atoms with Crippen molar-refractivity contribution in [3.8, 4) is 6.01 Å². The van der Waals surface area contributed by atoms with Crippen LogP contribution in [-0.2, 0) is 0 Å². The molecule has 1 aliphatic rings. The first kappa shape index (κ1) is 14.4. The van der Waals surface area contributed by atoms with Crippen LogP contribution in [0.3, 0.4) is 0 Å². The minimum atomic E-state index is -0.190. The number of hydrogen-bond donors (Lipinski definition) is 0. The fourth-order valence-electron chi connectivity index (χ4n) is 2.58. The average molecular weight is 303 g/mol. The van der Waals surface area contributed by atoms with E-state index in [2.05, 4.69) is 20.1 Å². The first-order chi connectivity index (χ1) is 10.7. The molecule has 1 amide bonds. The minimum Gasteiger partial charge on any atom is -0.467 e. The van der Waals surface area contributed by atoms with Crippen LogP contribution in [0.1, 0.15) is 47.4 Å². The van der Waals surface area contributed by atoms with Crippen LogP contribution in [-0.4, -0.2) is 44.6 Å². The van der Waals surface area contributed by atoms with Crippen molar-refractivity contribution in [1.82, 2.24) is 25.0 Å². The Kier molecular flexibility index (Phi) is 3.99. The van der Waals surface area contributed by atoms with Crippen molar-refractivity contribution in [2.75, 3.05) is 13.7 Å². The lowest BCUT2D eigenvalue weighted by Crippen LogP contribution is -2.38. The van der Waals surface area contributed by atoms with Gasteiger partial charge in [-0.25, -0.2) is 9.97 Å². The molecule has 1 aliphatic heterocycles. The Morgan fingerprint density at radius 2 is 2.14 bits per heavy atom. The Hall–Kier alpha value is -2.51. The Labute approximate surface area is 127 Å². The average Bonchev–Trinajstić information content (AvgIpc) is 3.00. The molecule has 0 saturated carbocycles. The number of carbonyl (C=O) groups is 1. The summed E-state index contributed by atoms with van der Waals surface area (Å²) in [5.41, 5.74) is 0.420. The molecule has 3 rings (SSSR count). The number of piperidine rings is 1. The van der Waals surface area contributed by atoms with Crippen molar-refractivity contribution < 1.29 is 14.1 Å². The van der Waals surface area contributed by atoms with Gasteiger partial charge in [0.25, 0.3) is 5.91 Å². The fourth-order valence-corrected chi connectivity index (χ4v) is 2.58. The lowest BCUT2D eigenvalue weighted by atomic mass is 10.0. The summed E-state index contributed by atoms with van der Waals surface area (Å²) in [6.07, 6.45) is 5.73. The maximum Gasteiger partial charge on any atom is 0.316 e. The second-order valence-electron chi connectivity index (χ2n) is 5.15. The lowest BCUT2D eigenvalue weighted by Gasteiger charge is -2.33. The van der Waals surface area contributed by atoms with Crippen LogP contribution in [0.4, 0.5) is 0 Å². The first-order valence-corrected chi connectivity index (χ1v) is 7.16. The van der Waals surface area contributed by atoms with E-state index in [1.165, 1.54) is 19.5 Å². The quantitative estimate of drug-likeness (QED) is 0.848. The molecule has 2 aromatic heterocycles. The van der Waals surface area contributed by atoms with Gasteiger partial charge in [-0.2, -0.15) is 4.98 Å². The highest BCUT2D eigenvalue weighted by atomic mass is 16.5. The van der Waals surface area contributed by atoms with Crippen molar-refractivity contribution >= 4 is 5.91 Å². The molecule has 1 saturated heterocycles. The summed E-state index contributed by atoms with van der Waals surface area (Å²) in [5, 5.41) is 3.82. The van der Waals surface area contributed by atoms with Gasteiger partial charge in [-0.1, -0.05) is 5.16 Å². The highest BCUT2D eigenvalue weighted by molar-refractivity contribution is 5.93. The third-order valence-corrected chi connectivity index (χ3v) is 3.65. The molecule has 1 atom stereocenters. The van der Waals surface area contributed by atoms with Crippen molar-refractivity contribution in [2.24, 2.45) is 0 Å². The number of likely N-dealkylation sites (tertiary alicyclic amines) is 1. The Morgan fingerprint density at radius 3 is 2.77 bits per heavy atom. The van der Waals surface area contributed by atoms with E-state index in [0.717, 1.165) is 19.3 Å². The topological polar surface area (TPSA) is 94.2 Å². The Bertz CT molecular complexity index is 655. The summed E-state index contributed by atoms with van der Waals surface area (Å²) >= 11 is 0. The summed E-state index contributed by atoms with van der Waals surface area (Å²) in [5.74, 6) is 0.920. The summed E-state index contributed by atoms with van der Waals surface area (Å²) in [6.45, 7) is 2.41. The zero-order valence-electron chi connectivity index (χ0n) is 12.5. The van der Waals surface area contributed by atoms with Gasteiger partial charge in [0.15, 0.2) is 5.82 Å². The number of hydrogen-bond acceptors (Lipinski definition) is 7. The van der Waals surface area contributed by atoms with E-state index < -0.39 is 0 Å². The molecule has 0 radical (unpaired) electrons.